The number of nitrogens with one attached hydrogen (secondary N) is 1. The fourth-order valence-corrected chi connectivity index (χ4v) is 2.19. The molecule has 0 spiro atoms. The molecule has 0 radical (unpaired) electrons. The van der Waals surface area contributed by atoms with Gasteiger partial charge in [0.15, 0.2) is 0 Å². The van der Waals surface area contributed by atoms with Crippen LogP contribution in [0.15, 0.2) is 0 Å². The van der Waals surface area contributed by atoms with Gasteiger partial charge in [-0.15, -0.1) is 10.2 Å². The van der Waals surface area contributed by atoms with Crippen molar-refractivity contribution in [3.05, 3.63) is 11.6 Å². The van der Waals surface area contributed by atoms with Gasteiger partial charge in [-0.1, -0.05) is 0 Å². The van der Waals surface area contributed by atoms with Crippen LogP contribution < -0.4 is 5.32 Å². The Kier molecular flexibility index (Phi) is 3.56. The first-order chi connectivity index (χ1) is 7.68. The molecule has 1 saturated heterocycles. The molecule has 1 aliphatic heterocycles. The summed E-state index contributed by atoms with van der Waals surface area (Å²) in [5, 5.41) is 11.7. The molecule has 1 aromatic heterocycles. The first-order valence-corrected chi connectivity index (χ1v) is 5.94. The lowest BCUT2D eigenvalue weighted by atomic mass is 10.1. The van der Waals surface area contributed by atoms with Crippen LogP contribution in [0, 0.1) is 6.92 Å². The summed E-state index contributed by atoms with van der Waals surface area (Å²) in [5.41, 5.74) is 0. The summed E-state index contributed by atoms with van der Waals surface area (Å²) in [6.07, 6.45) is 2.46. The summed E-state index contributed by atoms with van der Waals surface area (Å²) in [7, 11) is 4.21. The highest BCUT2D eigenvalue weighted by Crippen LogP contribution is 2.12. The molecule has 1 N–H and O–H groups in total. The topological polar surface area (TPSA) is 46.0 Å². The van der Waals surface area contributed by atoms with Gasteiger partial charge in [-0.3, -0.25) is 4.90 Å². The second kappa shape index (κ2) is 4.93. The Balaban J connectivity index is 1.95. The molecular weight excluding hydrogens is 202 g/mol. The van der Waals surface area contributed by atoms with Gasteiger partial charge in [0, 0.05) is 13.1 Å². The number of aryl methyl sites for hydroxylation is 1. The van der Waals surface area contributed by atoms with E-state index in [1.807, 2.05) is 14.0 Å². The normalized spacial score (nSPS) is 18.2. The summed E-state index contributed by atoms with van der Waals surface area (Å²) in [6.45, 7) is 5.14. The Morgan fingerprint density at radius 3 is 2.62 bits per heavy atom. The minimum Gasteiger partial charge on any atom is -0.317 e. The summed E-state index contributed by atoms with van der Waals surface area (Å²) in [6, 6.07) is 0.679. The van der Waals surface area contributed by atoms with Crippen LogP contribution in [0.5, 0.6) is 0 Å². The van der Waals surface area contributed by atoms with E-state index in [4.69, 9.17) is 0 Å². The molecule has 0 bridgehead atoms. The quantitative estimate of drug-likeness (QED) is 0.801. The number of aromatic nitrogens is 3. The van der Waals surface area contributed by atoms with Gasteiger partial charge in [-0.25, -0.2) is 0 Å². The maximum Gasteiger partial charge on any atom is 0.146 e. The Hall–Kier alpha value is -0.940. The molecule has 90 valence electrons. The molecule has 1 aliphatic rings. The standard InChI is InChI=1S/C11H21N5/c1-9-13-14-11(16(9)3)8-15(2)10-4-6-12-7-5-10/h10,12H,4-8H2,1-3H3. The first kappa shape index (κ1) is 11.5. The molecule has 0 atom stereocenters. The third kappa shape index (κ3) is 2.41. The van der Waals surface area contributed by atoms with Crippen molar-refractivity contribution >= 4 is 0 Å². The van der Waals surface area contributed by atoms with Gasteiger partial charge < -0.3 is 9.88 Å². The molecule has 0 unspecified atom stereocenters. The van der Waals surface area contributed by atoms with E-state index in [-0.39, 0.29) is 0 Å². The van der Waals surface area contributed by atoms with Crippen LogP contribution in [0.3, 0.4) is 0 Å². The summed E-state index contributed by atoms with van der Waals surface area (Å²) >= 11 is 0. The fraction of sp³-hybridized carbons (Fsp3) is 0.818. The van der Waals surface area contributed by atoms with E-state index in [0.717, 1.165) is 31.3 Å². The molecule has 16 heavy (non-hydrogen) atoms. The lowest BCUT2D eigenvalue weighted by Gasteiger charge is -2.31. The third-order valence-corrected chi connectivity index (χ3v) is 3.51. The van der Waals surface area contributed by atoms with Crippen molar-refractivity contribution in [1.82, 2.24) is 25.0 Å². The van der Waals surface area contributed by atoms with Crippen LogP contribution in [0.2, 0.25) is 0 Å². The SMILES string of the molecule is Cc1nnc(CN(C)C2CCNCC2)n1C. The van der Waals surface area contributed by atoms with Crippen LogP contribution in [-0.4, -0.2) is 45.8 Å². The molecular formula is C11H21N5. The number of rotatable bonds is 3. The minimum absolute atomic E-state index is 0.679. The van der Waals surface area contributed by atoms with Gasteiger partial charge in [0.1, 0.15) is 11.6 Å². The monoisotopic (exact) mass is 223 g/mol. The van der Waals surface area contributed by atoms with Crippen molar-refractivity contribution in [3.8, 4) is 0 Å². The molecule has 0 aliphatic carbocycles. The van der Waals surface area contributed by atoms with Crippen LogP contribution in [0.1, 0.15) is 24.5 Å². The van der Waals surface area contributed by atoms with E-state index in [9.17, 15) is 0 Å². The lowest BCUT2D eigenvalue weighted by molar-refractivity contribution is 0.186. The van der Waals surface area contributed by atoms with Crippen molar-refractivity contribution in [1.29, 1.82) is 0 Å². The minimum atomic E-state index is 0.679. The number of hydrogen-bond acceptors (Lipinski definition) is 4. The molecule has 2 heterocycles. The molecule has 1 aromatic rings. The first-order valence-electron chi connectivity index (χ1n) is 5.94. The Labute approximate surface area is 96.8 Å². The smallest absolute Gasteiger partial charge is 0.146 e. The fourth-order valence-electron chi connectivity index (χ4n) is 2.19. The van der Waals surface area contributed by atoms with Crippen LogP contribution >= 0.6 is 0 Å². The Bertz CT molecular complexity index is 340. The Morgan fingerprint density at radius 2 is 2.06 bits per heavy atom. The number of nitrogens with zero attached hydrogens (tertiary/aromatic N) is 4. The Morgan fingerprint density at radius 1 is 1.38 bits per heavy atom. The number of piperidine rings is 1. The summed E-state index contributed by atoms with van der Waals surface area (Å²) < 4.78 is 2.07. The second-order valence-electron chi connectivity index (χ2n) is 4.62. The molecule has 0 saturated carbocycles. The zero-order valence-electron chi connectivity index (χ0n) is 10.4. The highest BCUT2D eigenvalue weighted by atomic mass is 15.3. The summed E-state index contributed by atoms with van der Waals surface area (Å²) in [5.74, 6) is 2.03. The molecule has 2 rings (SSSR count). The van der Waals surface area contributed by atoms with Gasteiger partial charge in [-0.05, 0) is 39.9 Å². The predicted octanol–water partition coefficient (Wildman–Crippen LogP) is 0.307. The second-order valence-corrected chi connectivity index (χ2v) is 4.62. The zero-order valence-corrected chi connectivity index (χ0v) is 10.4. The maximum atomic E-state index is 4.21. The van der Waals surface area contributed by atoms with Crippen LogP contribution in [0.4, 0.5) is 0 Å². The van der Waals surface area contributed by atoms with Crippen molar-refractivity contribution in [2.45, 2.75) is 32.4 Å². The van der Waals surface area contributed by atoms with Gasteiger partial charge in [0.05, 0.1) is 6.54 Å². The van der Waals surface area contributed by atoms with Crippen LogP contribution in [0.25, 0.3) is 0 Å². The van der Waals surface area contributed by atoms with Crippen molar-refractivity contribution < 1.29 is 0 Å². The predicted molar refractivity (Wildman–Crippen MR) is 63.1 cm³/mol. The van der Waals surface area contributed by atoms with Gasteiger partial charge in [0.25, 0.3) is 0 Å². The zero-order chi connectivity index (χ0) is 11.5. The van der Waals surface area contributed by atoms with Gasteiger partial charge in [-0.2, -0.15) is 0 Å². The highest BCUT2D eigenvalue weighted by Gasteiger charge is 2.19. The number of hydrogen-bond donors (Lipinski definition) is 1. The van der Waals surface area contributed by atoms with E-state index < -0.39 is 0 Å². The van der Waals surface area contributed by atoms with Crippen molar-refractivity contribution in [2.75, 3.05) is 20.1 Å². The van der Waals surface area contributed by atoms with E-state index in [1.54, 1.807) is 0 Å². The van der Waals surface area contributed by atoms with Crippen molar-refractivity contribution in [3.63, 3.8) is 0 Å². The lowest BCUT2D eigenvalue weighted by Crippen LogP contribution is -2.41. The van der Waals surface area contributed by atoms with E-state index in [0.29, 0.717) is 6.04 Å². The molecule has 0 aromatic carbocycles. The van der Waals surface area contributed by atoms with E-state index >= 15 is 0 Å². The van der Waals surface area contributed by atoms with E-state index in [1.165, 1.54) is 12.8 Å². The van der Waals surface area contributed by atoms with Crippen LogP contribution in [-0.2, 0) is 13.6 Å². The average Bonchev–Trinajstić information content (AvgIpc) is 2.62. The molecule has 0 amide bonds. The summed E-state index contributed by atoms with van der Waals surface area (Å²) in [4.78, 5) is 2.39. The molecule has 1 fully saturated rings. The van der Waals surface area contributed by atoms with E-state index in [2.05, 4.69) is 32.0 Å². The maximum absolute atomic E-state index is 4.21. The van der Waals surface area contributed by atoms with Crippen molar-refractivity contribution in [2.24, 2.45) is 7.05 Å². The van der Waals surface area contributed by atoms with Gasteiger partial charge in [0.2, 0.25) is 0 Å². The largest absolute Gasteiger partial charge is 0.317 e. The average molecular weight is 223 g/mol. The molecule has 5 nitrogen and oxygen atoms in total. The highest BCUT2D eigenvalue weighted by molar-refractivity contribution is 4.93. The van der Waals surface area contributed by atoms with Gasteiger partial charge >= 0.3 is 0 Å². The molecule has 5 heteroatoms. The third-order valence-electron chi connectivity index (χ3n) is 3.51.